The number of hydrogen-bond acceptors (Lipinski definition) is 5. The molecule has 0 spiro atoms. The molecule has 2 aromatic carbocycles. The summed E-state index contributed by atoms with van der Waals surface area (Å²) < 4.78 is 1.96. The zero-order chi connectivity index (χ0) is 20.9. The van der Waals surface area contributed by atoms with Gasteiger partial charge in [0.15, 0.2) is 5.16 Å². The van der Waals surface area contributed by atoms with E-state index in [1.165, 1.54) is 17.3 Å². The van der Waals surface area contributed by atoms with E-state index in [4.69, 9.17) is 0 Å². The number of hydrogen-bond donors (Lipinski definition) is 0. The van der Waals surface area contributed by atoms with Crippen LogP contribution in [-0.4, -0.2) is 61.9 Å². The number of para-hydroxylation sites is 1. The monoisotopic (exact) mass is 421 g/mol. The summed E-state index contributed by atoms with van der Waals surface area (Å²) in [5, 5.41) is 8.86. The first-order valence-corrected chi connectivity index (χ1v) is 11.2. The van der Waals surface area contributed by atoms with Crippen molar-refractivity contribution >= 4 is 17.7 Å². The van der Waals surface area contributed by atoms with Gasteiger partial charge < -0.3 is 4.90 Å². The highest BCUT2D eigenvalue weighted by molar-refractivity contribution is 8.00. The van der Waals surface area contributed by atoms with Gasteiger partial charge in [-0.25, -0.2) is 0 Å². The molecule has 0 aliphatic carbocycles. The molecule has 6 nitrogen and oxygen atoms in total. The molecule has 0 unspecified atom stereocenters. The molecule has 1 saturated heterocycles. The van der Waals surface area contributed by atoms with Crippen molar-refractivity contribution in [1.82, 2.24) is 24.6 Å². The van der Waals surface area contributed by atoms with Crippen molar-refractivity contribution < 1.29 is 4.79 Å². The molecule has 30 heavy (non-hydrogen) atoms. The van der Waals surface area contributed by atoms with Gasteiger partial charge >= 0.3 is 0 Å². The van der Waals surface area contributed by atoms with Crippen LogP contribution < -0.4 is 0 Å². The van der Waals surface area contributed by atoms with Gasteiger partial charge in [-0.15, -0.1) is 10.2 Å². The molecule has 7 heteroatoms. The summed E-state index contributed by atoms with van der Waals surface area (Å²) in [5.41, 5.74) is 3.50. The molecule has 0 saturated carbocycles. The lowest BCUT2D eigenvalue weighted by Gasteiger charge is -2.35. The highest BCUT2D eigenvalue weighted by Crippen LogP contribution is 2.26. The highest BCUT2D eigenvalue weighted by atomic mass is 32.2. The van der Waals surface area contributed by atoms with E-state index >= 15 is 0 Å². The Bertz CT molecular complexity index is 982. The molecule has 3 aromatic rings. The Kier molecular flexibility index (Phi) is 6.50. The van der Waals surface area contributed by atoms with Gasteiger partial charge in [0.05, 0.1) is 10.9 Å². The van der Waals surface area contributed by atoms with Crippen LogP contribution in [0.2, 0.25) is 0 Å². The third-order valence-corrected chi connectivity index (χ3v) is 6.50. The van der Waals surface area contributed by atoms with Gasteiger partial charge in [-0.05, 0) is 31.0 Å². The average molecular weight is 422 g/mol. The van der Waals surface area contributed by atoms with E-state index in [1.54, 1.807) is 6.33 Å². The Balaban J connectivity index is 1.34. The zero-order valence-corrected chi connectivity index (χ0v) is 18.3. The summed E-state index contributed by atoms with van der Waals surface area (Å²) in [6.07, 6.45) is 1.71. The lowest BCUT2D eigenvalue weighted by Crippen LogP contribution is -2.50. The largest absolute Gasteiger partial charge is 0.339 e. The first-order valence-electron chi connectivity index (χ1n) is 10.3. The minimum atomic E-state index is -0.211. The number of benzene rings is 2. The number of carbonyl (C=O) groups excluding carboxylic acids is 1. The SMILES string of the molecule is Cc1ccccc1-n1cnnc1S[C@@H](C)C(=O)N1CCN(Cc2ccccc2)CC1. The maximum atomic E-state index is 13.0. The van der Waals surface area contributed by atoms with E-state index in [1.807, 2.05) is 40.7 Å². The number of thioether (sulfide) groups is 1. The van der Waals surface area contributed by atoms with Crippen LogP contribution in [0.3, 0.4) is 0 Å². The maximum Gasteiger partial charge on any atom is 0.235 e. The van der Waals surface area contributed by atoms with E-state index in [0.717, 1.165) is 49.1 Å². The number of piperazine rings is 1. The smallest absolute Gasteiger partial charge is 0.235 e. The molecule has 1 aromatic heterocycles. The standard InChI is InChI=1S/C23H27N5OS/c1-18-8-6-7-11-21(18)28-17-24-25-23(28)30-19(2)22(29)27-14-12-26(13-15-27)16-20-9-4-3-5-10-20/h3-11,17,19H,12-16H2,1-2H3/t19-/m0/s1. The number of aryl methyl sites for hydroxylation is 1. The summed E-state index contributed by atoms with van der Waals surface area (Å²) in [5.74, 6) is 0.165. The second kappa shape index (κ2) is 9.45. The van der Waals surface area contributed by atoms with E-state index in [-0.39, 0.29) is 11.2 Å². The first-order chi connectivity index (χ1) is 14.6. The number of nitrogens with zero attached hydrogens (tertiary/aromatic N) is 5. The Morgan fingerprint density at radius 2 is 1.73 bits per heavy atom. The van der Waals surface area contributed by atoms with Crippen molar-refractivity contribution in [2.75, 3.05) is 26.2 Å². The van der Waals surface area contributed by atoms with E-state index in [2.05, 4.69) is 52.4 Å². The molecule has 1 atom stereocenters. The molecule has 1 aliphatic heterocycles. The van der Waals surface area contributed by atoms with Crippen LogP contribution in [0.5, 0.6) is 0 Å². The Morgan fingerprint density at radius 3 is 2.47 bits per heavy atom. The van der Waals surface area contributed by atoms with E-state index in [9.17, 15) is 4.79 Å². The Labute approximate surface area is 181 Å². The second-order valence-corrected chi connectivity index (χ2v) is 8.93. The Hall–Kier alpha value is -2.64. The minimum Gasteiger partial charge on any atom is -0.339 e. The van der Waals surface area contributed by atoms with Crippen LogP contribution in [0.25, 0.3) is 5.69 Å². The molecule has 1 aliphatic rings. The lowest BCUT2D eigenvalue weighted by molar-refractivity contribution is -0.132. The summed E-state index contributed by atoms with van der Waals surface area (Å²) in [7, 11) is 0. The minimum absolute atomic E-state index is 0.165. The molecular weight excluding hydrogens is 394 g/mol. The number of carbonyl (C=O) groups is 1. The second-order valence-electron chi connectivity index (χ2n) is 7.62. The van der Waals surface area contributed by atoms with Crippen molar-refractivity contribution in [3.63, 3.8) is 0 Å². The van der Waals surface area contributed by atoms with E-state index in [0.29, 0.717) is 0 Å². The van der Waals surface area contributed by atoms with Gasteiger partial charge in [-0.3, -0.25) is 14.3 Å². The fourth-order valence-electron chi connectivity index (χ4n) is 3.74. The molecule has 0 N–H and O–H groups in total. The number of amides is 1. The van der Waals surface area contributed by atoms with Gasteiger partial charge in [-0.2, -0.15) is 0 Å². The fourth-order valence-corrected chi connectivity index (χ4v) is 4.66. The lowest BCUT2D eigenvalue weighted by atomic mass is 10.2. The predicted octanol–water partition coefficient (Wildman–Crippen LogP) is 3.40. The summed E-state index contributed by atoms with van der Waals surface area (Å²) >= 11 is 1.47. The molecule has 1 fully saturated rings. The summed E-state index contributed by atoms with van der Waals surface area (Å²) in [4.78, 5) is 17.4. The average Bonchev–Trinajstić information content (AvgIpc) is 3.22. The van der Waals surface area contributed by atoms with Crippen LogP contribution in [0.1, 0.15) is 18.1 Å². The van der Waals surface area contributed by atoms with Gasteiger partial charge in [0.2, 0.25) is 5.91 Å². The number of aromatic nitrogens is 3. The predicted molar refractivity (Wildman–Crippen MR) is 120 cm³/mol. The third kappa shape index (κ3) is 4.74. The molecular formula is C23H27N5OS. The van der Waals surface area contributed by atoms with Gasteiger partial charge in [0.1, 0.15) is 6.33 Å². The molecule has 0 radical (unpaired) electrons. The summed E-state index contributed by atoms with van der Waals surface area (Å²) in [6, 6.07) is 18.6. The van der Waals surface area contributed by atoms with Crippen LogP contribution in [0, 0.1) is 6.92 Å². The Morgan fingerprint density at radius 1 is 1.03 bits per heavy atom. The first kappa shape index (κ1) is 20.6. The fraction of sp³-hybridized carbons (Fsp3) is 0.348. The molecule has 4 rings (SSSR count). The quantitative estimate of drug-likeness (QED) is 0.571. The van der Waals surface area contributed by atoms with Crippen LogP contribution in [-0.2, 0) is 11.3 Å². The third-order valence-electron chi connectivity index (χ3n) is 5.45. The van der Waals surface area contributed by atoms with Crippen LogP contribution in [0.15, 0.2) is 66.1 Å². The van der Waals surface area contributed by atoms with Crippen LogP contribution in [0.4, 0.5) is 0 Å². The topological polar surface area (TPSA) is 54.3 Å². The van der Waals surface area contributed by atoms with Crippen molar-refractivity contribution in [2.45, 2.75) is 30.8 Å². The molecule has 0 bridgehead atoms. The normalized spacial score (nSPS) is 15.9. The highest BCUT2D eigenvalue weighted by Gasteiger charge is 2.27. The maximum absolute atomic E-state index is 13.0. The molecule has 2 heterocycles. The van der Waals surface area contributed by atoms with Gasteiger partial charge in [-0.1, -0.05) is 60.3 Å². The van der Waals surface area contributed by atoms with Gasteiger partial charge in [0.25, 0.3) is 0 Å². The van der Waals surface area contributed by atoms with Crippen molar-refractivity contribution in [3.8, 4) is 5.69 Å². The molecule has 1 amide bonds. The van der Waals surface area contributed by atoms with E-state index < -0.39 is 0 Å². The van der Waals surface area contributed by atoms with Gasteiger partial charge in [0, 0.05) is 32.7 Å². The zero-order valence-electron chi connectivity index (χ0n) is 17.4. The van der Waals surface area contributed by atoms with Crippen molar-refractivity contribution in [2.24, 2.45) is 0 Å². The molecule has 156 valence electrons. The van der Waals surface area contributed by atoms with Crippen LogP contribution >= 0.6 is 11.8 Å². The number of rotatable bonds is 6. The van der Waals surface area contributed by atoms with Crippen molar-refractivity contribution in [1.29, 1.82) is 0 Å². The summed E-state index contributed by atoms with van der Waals surface area (Å²) in [6.45, 7) is 8.29. The van der Waals surface area contributed by atoms with Crippen molar-refractivity contribution in [3.05, 3.63) is 72.1 Å².